The van der Waals surface area contributed by atoms with Gasteiger partial charge in [-0.15, -0.1) is 0 Å². The van der Waals surface area contributed by atoms with Gasteiger partial charge in [0.1, 0.15) is 5.84 Å². The van der Waals surface area contributed by atoms with Gasteiger partial charge < -0.3 is 5.32 Å². The predicted molar refractivity (Wildman–Crippen MR) is 43.5 cm³/mol. The maximum absolute atomic E-state index is 4.16. The number of hydrogen-bond donors (Lipinski definition) is 1. The molecule has 1 rings (SSSR count). The number of rotatable bonds is 1. The van der Waals surface area contributed by atoms with Gasteiger partial charge in [-0.25, -0.2) is 0 Å². The van der Waals surface area contributed by atoms with Crippen LogP contribution < -0.4 is 5.32 Å². The summed E-state index contributed by atoms with van der Waals surface area (Å²) in [5, 5.41) is 3.03. The van der Waals surface area contributed by atoms with Gasteiger partial charge in [-0.1, -0.05) is 22.6 Å². The van der Waals surface area contributed by atoms with Crippen LogP contribution in [0, 0.1) is 0 Å². The molecule has 0 saturated heterocycles. The molecule has 3 heteroatoms. The fourth-order valence-electron chi connectivity index (χ4n) is 0.497. The van der Waals surface area contributed by atoms with Crippen LogP contribution in [0.1, 0.15) is 0 Å². The van der Waals surface area contributed by atoms with Crippen LogP contribution >= 0.6 is 22.6 Å². The number of alkyl halides is 1. The zero-order valence-electron chi connectivity index (χ0n) is 4.39. The first-order valence-electron chi connectivity index (χ1n) is 2.44. The molecule has 0 atom stereocenters. The van der Waals surface area contributed by atoms with E-state index in [9.17, 15) is 0 Å². The van der Waals surface area contributed by atoms with Crippen LogP contribution in [0.5, 0.6) is 0 Å². The molecule has 0 unspecified atom stereocenters. The second kappa shape index (κ2) is 3.06. The van der Waals surface area contributed by atoms with Crippen LogP contribution in [-0.4, -0.2) is 16.8 Å². The number of amidine groups is 1. The van der Waals surface area contributed by atoms with Crippen LogP contribution in [0.4, 0.5) is 0 Å². The molecule has 0 bridgehead atoms. The molecule has 1 N–H and O–H groups in total. The maximum atomic E-state index is 4.16. The first-order chi connectivity index (χ1) is 3.93. The van der Waals surface area contributed by atoms with E-state index in [-0.39, 0.29) is 0 Å². The van der Waals surface area contributed by atoms with E-state index in [1.165, 1.54) is 0 Å². The second-order valence-electron chi connectivity index (χ2n) is 1.47. The van der Waals surface area contributed by atoms with E-state index in [4.69, 9.17) is 0 Å². The lowest BCUT2D eigenvalue weighted by molar-refractivity contribution is 1.10. The molecular weight excluding hydrogens is 215 g/mol. The summed E-state index contributed by atoms with van der Waals surface area (Å²) in [6.07, 6.45) is 3.93. The molecule has 0 aromatic heterocycles. The summed E-state index contributed by atoms with van der Waals surface area (Å²) in [5.41, 5.74) is 0. The summed E-state index contributed by atoms with van der Waals surface area (Å²) in [5.74, 6) is 1.08. The SMILES string of the molecule is ICC1=NCC=CN1. The van der Waals surface area contributed by atoms with Gasteiger partial charge in [0, 0.05) is 0 Å². The van der Waals surface area contributed by atoms with Crippen molar-refractivity contribution in [2.75, 3.05) is 11.0 Å². The van der Waals surface area contributed by atoms with E-state index in [1.54, 1.807) is 0 Å². The van der Waals surface area contributed by atoms with Gasteiger partial charge >= 0.3 is 0 Å². The number of hydrogen-bond acceptors (Lipinski definition) is 2. The van der Waals surface area contributed by atoms with Crippen molar-refractivity contribution in [3.05, 3.63) is 12.3 Å². The Hall–Kier alpha value is -0.0600. The average molecular weight is 222 g/mol. The number of nitrogens with zero attached hydrogens (tertiary/aromatic N) is 1. The highest BCUT2D eigenvalue weighted by Gasteiger charge is 1.93. The third-order valence-corrected chi connectivity index (χ3v) is 1.60. The molecule has 2 nitrogen and oxygen atoms in total. The smallest absolute Gasteiger partial charge is 0.110 e. The Kier molecular flexibility index (Phi) is 2.32. The molecule has 0 radical (unpaired) electrons. The molecule has 0 aliphatic carbocycles. The van der Waals surface area contributed by atoms with E-state index >= 15 is 0 Å². The van der Waals surface area contributed by atoms with Crippen molar-refractivity contribution in [1.29, 1.82) is 0 Å². The summed E-state index contributed by atoms with van der Waals surface area (Å²) >= 11 is 2.28. The van der Waals surface area contributed by atoms with Crippen molar-refractivity contribution in [2.45, 2.75) is 0 Å². The van der Waals surface area contributed by atoms with E-state index in [2.05, 4.69) is 32.9 Å². The fourth-order valence-corrected chi connectivity index (χ4v) is 0.959. The Labute approximate surface area is 62.2 Å². The van der Waals surface area contributed by atoms with Crippen LogP contribution in [0.25, 0.3) is 0 Å². The maximum Gasteiger partial charge on any atom is 0.110 e. The topological polar surface area (TPSA) is 24.4 Å². The molecule has 0 fully saturated rings. The summed E-state index contributed by atoms with van der Waals surface area (Å²) in [4.78, 5) is 4.16. The average Bonchev–Trinajstić information content (AvgIpc) is 1.90. The highest BCUT2D eigenvalue weighted by Crippen LogP contribution is 1.89. The lowest BCUT2D eigenvalue weighted by atomic mass is 10.5. The summed E-state index contributed by atoms with van der Waals surface area (Å²) in [6.45, 7) is 0.839. The molecule has 0 amide bonds. The van der Waals surface area contributed by atoms with Gasteiger partial charge in [0.15, 0.2) is 0 Å². The Morgan fingerprint density at radius 1 is 1.88 bits per heavy atom. The zero-order valence-corrected chi connectivity index (χ0v) is 6.55. The van der Waals surface area contributed by atoms with Gasteiger partial charge in [-0.2, -0.15) is 0 Å². The van der Waals surface area contributed by atoms with Crippen molar-refractivity contribution in [3.63, 3.8) is 0 Å². The molecule has 1 aliphatic rings. The monoisotopic (exact) mass is 222 g/mol. The lowest BCUT2D eigenvalue weighted by Gasteiger charge is -2.04. The Morgan fingerprint density at radius 3 is 3.12 bits per heavy atom. The molecule has 0 aromatic carbocycles. The largest absolute Gasteiger partial charge is 0.350 e. The molecule has 0 saturated carbocycles. The fraction of sp³-hybridized carbons (Fsp3) is 0.400. The van der Waals surface area contributed by atoms with Crippen molar-refractivity contribution >= 4 is 28.4 Å². The van der Waals surface area contributed by atoms with Crippen LogP contribution in [-0.2, 0) is 0 Å². The van der Waals surface area contributed by atoms with Crippen molar-refractivity contribution in [3.8, 4) is 0 Å². The van der Waals surface area contributed by atoms with Crippen molar-refractivity contribution in [2.24, 2.45) is 4.99 Å². The molecule has 1 aliphatic heterocycles. The van der Waals surface area contributed by atoms with Gasteiger partial charge in [0.2, 0.25) is 0 Å². The second-order valence-corrected chi connectivity index (χ2v) is 2.23. The first kappa shape index (κ1) is 6.07. The third-order valence-electron chi connectivity index (χ3n) is 0.882. The summed E-state index contributed by atoms with van der Waals surface area (Å²) in [7, 11) is 0. The molecule has 0 spiro atoms. The van der Waals surface area contributed by atoms with Crippen LogP contribution in [0.3, 0.4) is 0 Å². The molecule has 8 heavy (non-hydrogen) atoms. The van der Waals surface area contributed by atoms with Crippen LogP contribution in [0.15, 0.2) is 17.3 Å². The van der Waals surface area contributed by atoms with Gasteiger partial charge in [0.25, 0.3) is 0 Å². The molecule has 1 heterocycles. The highest BCUT2D eigenvalue weighted by molar-refractivity contribution is 14.1. The van der Waals surface area contributed by atoms with Crippen LogP contribution in [0.2, 0.25) is 0 Å². The Bertz CT molecular complexity index is 128. The lowest BCUT2D eigenvalue weighted by Crippen LogP contribution is -2.21. The molecular formula is C5H7IN2. The predicted octanol–water partition coefficient (Wildman–Crippen LogP) is 0.937. The van der Waals surface area contributed by atoms with Gasteiger partial charge in [0.05, 0.1) is 11.0 Å². The minimum atomic E-state index is 0.839. The van der Waals surface area contributed by atoms with Crippen molar-refractivity contribution < 1.29 is 0 Å². The van der Waals surface area contributed by atoms with E-state index in [0.29, 0.717) is 0 Å². The zero-order chi connectivity index (χ0) is 5.82. The van der Waals surface area contributed by atoms with Gasteiger partial charge in [-0.05, 0) is 12.3 Å². The summed E-state index contributed by atoms with van der Waals surface area (Å²) < 4.78 is 0.974. The number of halogens is 1. The Balaban J connectivity index is 2.43. The van der Waals surface area contributed by atoms with Crippen molar-refractivity contribution in [1.82, 2.24) is 5.32 Å². The summed E-state index contributed by atoms with van der Waals surface area (Å²) in [6, 6.07) is 0. The highest BCUT2D eigenvalue weighted by atomic mass is 127. The first-order valence-corrected chi connectivity index (χ1v) is 3.97. The van der Waals surface area contributed by atoms with Gasteiger partial charge in [-0.3, -0.25) is 4.99 Å². The normalized spacial score (nSPS) is 17.4. The minimum absolute atomic E-state index is 0.839. The Morgan fingerprint density at radius 2 is 2.75 bits per heavy atom. The minimum Gasteiger partial charge on any atom is -0.350 e. The number of nitrogens with one attached hydrogen (secondary N) is 1. The molecule has 44 valence electrons. The number of aliphatic imine (C=N–C) groups is 1. The van der Waals surface area contributed by atoms with E-state index in [0.717, 1.165) is 16.8 Å². The van der Waals surface area contributed by atoms with E-state index < -0.39 is 0 Å². The van der Waals surface area contributed by atoms with E-state index in [1.807, 2.05) is 12.3 Å². The standard InChI is InChI=1S/C5H7IN2/c6-4-5-7-2-1-3-8-5/h1-2H,3-4H2,(H,7,8). The quantitative estimate of drug-likeness (QED) is 0.518. The third kappa shape index (κ3) is 1.47. The molecule has 0 aromatic rings.